The van der Waals surface area contributed by atoms with E-state index >= 15 is 0 Å². The second kappa shape index (κ2) is 5.31. The second-order valence-electron chi connectivity index (χ2n) is 5.47. The number of hydrogen-bond acceptors (Lipinski definition) is 4. The Morgan fingerprint density at radius 2 is 2.04 bits per heavy atom. The van der Waals surface area contributed by atoms with Crippen molar-refractivity contribution in [3.63, 3.8) is 0 Å². The molecule has 24 heavy (non-hydrogen) atoms. The third kappa shape index (κ3) is 2.23. The van der Waals surface area contributed by atoms with E-state index in [4.69, 9.17) is 5.73 Å². The predicted octanol–water partition coefficient (Wildman–Crippen LogP) is 1.92. The Kier molecular flexibility index (Phi) is 3.13. The molecule has 7 nitrogen and oxygen atoms in total. The molecule has 3 heterocycles. The Bertz CT molecular complexity index is 1060. The summed E-state index contributed by atoms with van der Waals surface area (Å²) in [5.74, 6) is -0.550. The predicted molar refractivity (Wildman–Crippen MR) is 89.6 cm³/mol. The summed E-state index contributed by atoms with van der Waals surface area (Å²) in [7, 11) is 1.86. The number of primary amides is 1. The summed E-state index contributed by atoms with van der Waals surface area (Å²) >= 11 is 0. The quantitative estimate of drug-likeness (QED) is 0.624. The molecule has 0 atom stereocenters. The Labute approximate surface area is 137 Å². The zero-order valence-corrected chi connectivity index (χ0v) is 12.9. The van der Waals surface area contributed by atoms with E-state index < -0.39 is 5.91 Å². The van der Waals surface area contributed by atoms with Gasteiger partial charge in [-0.25, -0.2) is 4.68 Å². The minimum absolute atomic E-state index is 0.254. The first-order valence-electron chi connectivity index (χ1n) is 7.35. The molecule has 4 rings (SSSR count). The van der Waals surface area contributed by atoms with Gasteiger partial charge in [-0.15, -0.1) is 0 Å². The maximum absolute atomic E-state index is 11.6. The van der Waals surface area contributed by atoms with Gasteiger partial charge < -0.3 is 5.73 Å². The molecule has 1 amide bonds. The van der Waals surface area contributed by atoms with Gasteiger partial charge in [0.15, 0.2) is 0 Å². The van der Waals surface area contributed by atoms with Crippen LogP contribution in [-0.2, 0) is 7.05 Å². The van der Waals surface area contributed by atoms with E-state index in [-0.39, 0.29) is 5.69 Å². The van der Waals surface area contributed by atoms with Crippen LogP contribution in [0, 0.1) is 0 Å². The van der Waals surface area contributed by atoms with E-state index in [9.17, 15) is 4.79 Å². The second-order valence-corrected chi connectivity index (χ2v) is 5.47. The van der Waals surface area contributed by atoms with Gasteiger partial charge in [-0.2, -0.15) is 10.2 Å². The third-order valence-corrected chi connectivity index (χ3v) is 3.86. The lowest BCUT2D eigenvalue weighted by Crippen LogP contribution is -2.14. The average molecular weight is 318 g/mol. The molecule has 0 saturated heterocycles. The lowest BCUT2D eigenvalue weighted by Gasteiger charge is -2.07. The first kappa shape index (κ1) is 14.1. The number of nitrogens with zero attached hydrogens (tertiary/aromatic N) is 5. The van der Waals surface area contributed by atoms with Crippen LogP contribution in [0.25, 0.3) is 27.7 Å². The first-order chi connectivity index (χ1) is 11.6. The van der Waals surface area contributed by atoms with Crippen molar-refractivity contribution < 1.29 is 4.79 Å². The van der Waals surface area contributed by atoms with Crippen molar-refractivity contribution in [2.45, 2.75) is 0 Å². The molecule has 1 aromatic carbocycles. The lowest BCUT2D eigenvalue weighted by atomic mass is 10.0. The highest BCUT2D eigenvalue weighted by atomic mass is 16.1. The Morgan fingerprint density at radius 3 is 2.79 bits per heavy atom. The molecular weight excluding hydrogens is 304 g/mol. The molecule has 0 aliphatic rings. The van der Waals surface area contributed by atoms with E-state index in [1.807, 2.05) is 42.2 Å². The van der Waals surface area contributed by atoms with Crippen molar-refractivity contribution in [1.29, 1.82) is 0 Å². The highest BCUT2D eigenvalue weighted by molar-refractivity contribution is 5.99. The lowest BCUT2D eigenvalue weighted by molar-refractivity contribution is 0.0996. The van der Waals surface area contributed by atoms with Gasteiger partial charge in [-0.3, -0.25) is 14.5 Å². The molecule has 3 aromatic heterocycles. The number of carbonyl (C=O) groups excluding carboxylic acids is 1. The fraction of sp³-hybridized carbons (Fsp3) is 0.0588. The molecule has 0 fully saturated rings. The van der Waals surface area contributed by atoms with Crippen LogP contribution < -0.4 is 5.73 Å². The minimum atomic E-state index is -0.550. The summed E-state index contributed by atoms with van der Waals surface area (Å²) < 4.78 is 3.53. The van der Waals surface area contributed by atoms with E-state index in [0.717, 1.165) is 22.2 Å². The molecule has 0 aliphatic heterocycles. The number of carbonyl (C=O) groups is 1. The molecule has 0 radical (unpaired) electrons. The van der Waals surface area contributed by atoms with Crippen molar-refractivity contribution in [2.75, 3.05) is 0 Å². The molecule has 4 aromatic rings. The highest BCUT2D eigenvalue weighted by Gasteiger charge is 2.13. The zero-order valence-electron chi connectivity index (χ0n) is 12.9. The molecule has 0 spiro atoms. The largest absolute Gasteiger partial charge is 0.364 e. The standard InChI is InChI=1S/C17H14N6O/c1-22-10-13(9-20-22)23-15-7-11(4-5-12(15)8-21-23)14-3-2-6-19-16(14)17(18)24/h2-10H,1H3,(H2,18,24). The molecule has 2 N–H and O–H groups in total. The monoisotopic (exact) mass is 318 g/mol. The average Bonchev–Trinajstić information content (AvgIpc) is 3.20. The van der Waals surface area contributed by atoms with Crippen molar-refractivity contribution >= 4 is 16.8 Å². The van der Waals surface area contributed by atoms with Gasteiger partial charge in [-0.1, -0.05) is 18.2 Å². The van der Waals surface area contributed by atoms with Crippen LogP contribution in [0.1, 0.15) is 10.5 Å². The van der Waals surface area contributed by atoms with Crippen LogP contribution in [0.4, 0.5) is 0 Å². The van der Waals surface area contributed by atoms with Crippen molar-refractivity contribution in [1.82, 2.24) is 24.5 Å². The smallest absolute Gasteiger partial charge is 0.267 e. The van der Waals surface area contributed by atoms with Gasteiger partial charge in [-0.05, 0) is 17.7 Å². The van der Waals surface area contributed by atoms with Crippen LogP contribution in [0.3, 0.4) is 0 Å². The topological polar surface area (TPSA) is 91.6 Å². The summed E-state index contributed by atoms with van der Waals surface area (Å²) in [6, 6.07) is 9.48. The van der Waals surface area contributed by atoms with E-state index in [0.29, 0.717) is 5.56 Å². The van der Waals surface area contributed by atoms with Crippen molar-refractivity contribution in [3.8, 4) is 16.8 Å². The van der Waals surface area contributed by atoms with Gasteiger partial charge in [0, 0.05) is 24.2 Å². The van der Waals surface area contributed by atoms with Crippen molar-refractivity contribution in [2.24, 2.45) is 12.8 Å². The summed E-state index contributed by atoms with van der Waals surface area (Å²) in [6.07, 6.45) is 6.99. The maximum Gasteiger partial charge on any atom is 0.267 e. The van der Waals surface area contributed by atoms with Gasteiger partial charge in [0.25, 0.3) is 5.91 Å². The number of fused-ring (bicyclic) bond motifs is 1. The molecule has 118 valence electrons. The first-order valence-corrected chi connectivity index (χ1v) is 7.35. The Hall–Kier alpha value is -3.48. The number of aryl methyl sites for hydroxylation is 1. The SMILES string of the molecule is Cn1cc(-n2ncc3ccc(-c4cccnc4C(N)=O)cc32)cn1. The van der Waals surface area contributed by atoms with E-state index in [2.05, 4.69) is 15.2 Å². The zero-order chi connectivity index (χ0) is 16.7. The number of aromatic nitrogens is 5. The summed E-state index contributed by atoms with van der Waals surface area (Å²) in [6.45, 7) is 0. The highest BCUT2D eigenvalue weighted by Crippen LogP contribution is 2.27. The normalized spacial score (nSPS) is 11.0. The number of amides is 1. The van der Waals surface area contributed by atoms with Crippen LogP contribution >= 0.6 is 0 Å². The van der Waals surface area contributed by atoms with Crippen LogP contribution in [0.5, 0.6) is 0 Å². The summed E-state index contributed by atoms with van der Waals surface area (Å²) in [5.41, 5.74) is 9.03. The summed E-state index contributed by atoms with van der Waals surface area (Å²) in [5, 5.41) is 9.60. The van der Waals surface area contributed by atoms with E-state index in [1.165, 1.54) is 0 Å². The van der Waals surface area contributed by atoms with Gasteiger partial charge in [0.05, 0.1) is 24.1 Å². The number of benzene rings is 1. The molecule has 7 heteroatoms. The minimum Gasteiger partial charge on any atom is -0.364 e. The van der Waals surface area contributed by atoms with Crippen LogP contribution in [0.2, 0.25) is 0 Å². The van der Waals surface area contributed by atoms with Gasteiger partial charge in [0.1, 0.15) is 11.4 Å². The van der Waals surface area contributed by atoms with Crippen LogP contribution in [0.15, 0.2) is 55.1 Å². The molecule has 0 bridgehead atoms. The number of pyridine rings is 1. The van der Waals surface area contributed by atoms with Crippen LogP contribution in [-0.4, -0.2) is 30.5 Å². The summed E-state index contributed by atoms with van der Waals surface area (Å²) in [4.78, 5) is 15.7. The van der Waals surface area contributed by atoms with E-state index in [1.54, 1.807) is 29.3 Å². The maximum atomic E-state index is 11.6. The molecule has 0 saturated carbocycles. The third-order valence-electron chi connectivity index (χ3n) is 3.86. The Morgan fingerprint density at radius 1 is 1.17 bits per heavy atom. The fourth-order valence-corrected chi connectivity index (χ4v) is 2.74. The number of nitrogens with two attached hydrogens (primary N) is 1. The fourth-order valence-electron chi connectivity index (χ4n) is 2.74. The molecule has 0 unspecified atom stereocenters. The Balaban J connectivity index is 1.92. The number of hydrogen-bond donors (Lipinski definition) is 1. The number of rotatable bonds is 3. The van der Waals surface area contributed by atoms with Gasteiger partial charge >= 0.3 is 0 Å². The molecular formula is C17H14N6O. The van der Waals surface area contributed by atoms with Crippen molar-refractivity contribution in [3.05, 3.63) is 60.8 Å². The molecule has 0 aliphatic carbocycles. The van der Waals surface area contributed by atoms with Gasteiger partial charge in [0.2, 0.25) is 0 Å².